The van der Waals surface area contributed by atoms with Crippen molar-refractivity contribution in [2.45, 2.75) is 20.4 Å². The quantitative estimate of drug-likeness (QED) is 0.645. The molecule has 0 aliphatic carbocycles. The molecule has 9 heteroatoms. The van der Waals surface area contributed by atoms with Gasteiger partial charge in [-0.1, -0.05) is 0 Å². The molecule has 0 aliphatic heterocycles. The van der Waals surface area contributed by atoms with Gasteiger partial charge in [-0.05, 0) is 13.8 Å². The Kier molecular flexibility index (Phi) is 4.63. The topological polar surface area (TPSA) is 97.1 Å². The highest BCUT2D eigenvalue weighted by atomic mass is 32.1. The monoisotopic (exact) mass is 308 g/mol. The average Bonchev–Trinajstić information content (AvgIpc) is 2.84. The first-order valence-electron chi connectivity index (χ1n) is 6.38. The lowest BCUT2D eigenvalue weighted by Crippen LogP contribution is -2.20. The van der Waals surface area contributed by atoms with Crippen LogP contribution in [0.25, 0.3) is 0 Å². The number of nitrogens with one attached hydrogen (secondary N) is 1. The summed E-state index contributed by atoms with van der Waals surface area (Å²) in [5, 5.41) is 17.0. The normalized spacial score (nSPS) is 10.4. The van der Waals surface area contributed by atoms with Crippen molar-refractivity contribution in [3.8, 4) is 0 Å². The molecule has 21 heavy (non-hydrogen) atoms. The maximum Gasteiger partial charge on any atom is 0.329 e. The zero-order valence-electron chi connectivity index (χ0n) is 12.0. The first-order chi connectivity index (χ1) is 10.0. The van der Waals surface area contributed by atoms with Crippen molar-refractivity contribution in [3.63, 3.8) is 0 Å². The molecule has 8 nitrogen and oxygen atoms in total. The van der Waals surface area contributed by atoms with E-state index in [9.17, 15) is 10.1 Å². The highest BCUT2D eigenvalue weighted by molar-refractivity contribution is 7.09. The summed E-state index contributed by atoms with van der Waals surface area (Å²) >= 11 is 1.55. The molecule has 2 heterocycles. The average molecular weight is 308 g/mol. The van der Waals surface area contributed by atoms with Gasteiger partial charge >= 0.3 is 5.69 Å². The van der Waals surface area contributed by atoms with E-state index < -0.39 is 4.92 Å². The Morgan fingerprint density at radius 1 is 1.48 bits per heavy atom. The molecule has 0 fully saturated rings. The van der Waals surface area contributed by atoms with Crippen LogP contribution in [0.5, 0.6) is 0 Å². The molecule has 0 unspecified atom stereocenters. The summed E-state index contributed by atoms with van der Waals surface area (Å²) in [6, 6.07) is 0. The molecule has 0 aromatic carbocycles. The number of hydrogen-bond donors (Lipinski definition) is 1. The van der Waals surface area contributed by atoms with Gasteiger partial charge in [0.15, 0.2) is 0 Å². The molecule has 2 aromatic heterocycles. The first-order valence-corrected chi connectivity index (χ1v) is 7.26. The van der Waals surface area contributed by atoms with E-state index in [0.29, 0.717) is 19.0 Å². The van der Waals surface area contributed by atoms with Crippen molar-refractivity contribution in [3.05, 3.63) is 32.4 Å². The number of thiazole rings is 1. The number of nitrogens with zero attached hydrogens (tertiary/aromatic N) is 5. The van der Waals surface area contributed by atoms with E-state index in [2.05, 4.69) is 20.3 Å². The third kappa shape index (κ3) is 3.63. The predicted octanol–water partition coefficient (Wildman–Crippen LogP) is 2.22. The van der Waals surface area contributed by atoms with E-state index >= 15 is 0 Å². The van der Waals surface area contributed by atoms with Crippen LogP contribution in [0.1, 0.15) is 17.6 Å². The van der Waals surface area contributed by atoms with Gasteiger partial charge < -0.3 is 10.2 Å². The standard InChI is InChI=1S/C12H16N6O2S/c1-4-13-12-14-5-10(18(19)20)11(16-12)17(3)6-9-7-21-8(2)15-9/h5,7H,4,6H2,1-3H3,(H,13,14,16). The van der Waals surface area contributed by atoms with Crippen LogP contribution in [0.4, 0.5) is 17.5 Å². The van der Waals surface area contributed by atoms with Crippen molar-refractivity contribution in [2.24, 2.45) is 0 Å². The number of aryl methyl sites for hydroxylation is 1. The van der Waals surface area contributed by atoms with Gasteiger partial charge in [-0.3, -0.25) is 10.1 Å². The van der Waals surface area contributed by atoms with Gasteiger partial charge in [0.25, 0.3) is 0 Å². The Hall–Kier alpha value is -2.29. The van der Waals surface area contributed by atoms with Gasteiger partial charge in [0.1, 0.15) is 6.20 Å². The Labute approximate surface area is 126 Å². The molecular weight excluding hydrogens is 292 g/mol. The van der Waals surface area contributed by atoms with Gasteiger partial charge in [0.05, 0.1) is 22.2 Å². The van der Waals surface area contributed by atoms with Crippen LogP contribution in [0, 0.1) is 17.0 Å². The van der Waals surface area contributed by atoms with Gasteiger partial charge in [0.2, 0.25) is 11.8 Å². The smallest absolute Gasteiger partial charge is 0.329 e. The van der Waals surface area contributed by atoms with Crippen LogP contribution in [0.2, 0.25) is 0 Å². The molecule has 0 bridgehead atoms. The third-order valence-corrected chi connectivity index (χ3v) is 3.53. The molecule has 2 rings (SSSR count). The third-order valence-electron chi connectivity index (χ3n) is 2.71. The molecule has 0 saturated heterocycles. The molecule has 0 amide bonds. The van der Waals surface area contributed by atoms with Gasteiger partial charge in [-0.2, -0.15) is 4.98 Å². The highest BCUT2D eigenvalue weighted by Gasteiger charge is 2.21. The SMILES string of the molecule is CCNc1ncc([N+](=O)[O-])c(N(C)Cc2csc(C)n2)n1. The maximum atomic E-state index is 11.1. The van der Waals surface area contributed by atoms with Crippen molar-refractivity contribution in [2.75, 3.05) is 23.8 Å². The highest BCUT2D eigenvalue weighted by Crippen LogP contribution is 2.26. The Morgan fingerprint density at radius 3 is 2.81 bits per heavy atom. The second-order valence-corrected chi connectivity index (χ2v) is 5.47. The fraction of sp³-hybridized carbons (Fsp3) is 0.417. The minimum absolute atomic E-state index is 0.119. The fourth-order valence-electron chi connectivity index (χ4n) is 1.82. The molecule has 0 aliphatic rings. The molecule has 0 atom stereocenters. The Balaban J connectivity index is 2.30. The summed E-state index contributed by atoms with van der Waals surface area (Å²) in [5.74, 6) is 0.649. The molecule has 1 N–H and O–H groups in total. The van der Waals surface area contributed by atoms with Gasteiger partial charge in [-0.25, -0.2) is 9.97 Å². The minimum atomic E-state index is -0.478. The second kappa shape index (κ2) is 6.44. The van der Waals surface area contributed by atoms with E-state index in [1.807, 2.05) is 19.2 Å². The van der Waals surface area contributed by atoms with Crippen LogP contribution in [0.3, 0.4) is 0 Å². The van der Waals surface area contributed by atoms with Crippen LogP contribution in [0.15, 0.2) is 11.6 Å². The number of anilines is 2. The van der Waals surface area contributed by atoms with Crippen LogP contribution in [-0.4, -0.2) is 33.5 Å². The number of hydrogen-bond acceptors (Lipinski definition) is 8. The van der Waals surface area contributed by atoms with Crippen molar-refractivity contribution < 1.29 is 4.92 Å². The lowest BCUT2D eigenvalue weighted by atomic mass is 10.4. The first kappa shape index (κ1) is 15.1. The summed E-state index contributed by atoms with van der Waals surface area (Å²) in [6.07, 6.45) is 1.23. The number of rotatable bonds is 6. The van der Waals surface area contributed by atoms with Gasteiger partial charge in [0, 0.05) is 19.0 Å². The van der Waals surface area contributed by atoms with E-state index in [0.717, 1.165) is 10.7 Å². The molecule has 0 radical (unpaired) electrons. The Bertz CT molecular complexity index is 644. The molecule has 0 spiro atoms. The van der Waals surface area contributed by atoms with Gasteiger partial charge in [-0.15, -0.1) is 11.3 Å². The van der Waals surface area contributed by atoms with Crippen LogP contribution >= 0.6 is 11.3 Å². The lowest BCUT2D eigenvalue weighted by Gasteiger charge is -2.17. The maximum absolute atomic E-state index is 11.1. The van der Waals surface area contributed by atoms with E-state index in [-0.39, 0.29) is 11.5 Å². The lowest BCUT2D eigenvalue weighted by molar-refractivity contribution is -0.384. The minimum Gasteiger partial charge on any atom is -0.354 e. The largest absolute Gasteiger partial charge is 0.354 e. The van der Waals surface area contributed by atoms with E-state index in [4.69, 9.17) is 0 Å². The zero-order valence-corrected chi connectivity index (χ0v) is 12.8. The van der Waals surface area contributed by atoms with Crippen LogP contribution < -0.4 is 10.2 Å². The van der Waals surface area contributed by atoms with Crippen molar-refractivity contribution in [1.29, 1.82) is 0 Å². The van der Waals surface area contributed by atoms with Crippen LogP contribution in [-0.2, 0) is 6.54 Å². The summed E-state index contributed by atoms with van der Waals surface area (Å²) in [4.78, 5) is 24.9. The summed E-state index contributed by atoms with van der Waals surface area (Å²) in [6.45, 7) is 4.93. The zero-order chi connectivity index (χ0) is 15.4. The second-order valence-electron chi connectivity index (χ2n) is 4.40. The molecule has 2 aromatic rings. The molecule has 0 saturated carbocycles. The summed E-state index contributed by atoms with van der Waals surface area (Å²) in [5.41, 5.74) is 0.740. The van der Waals surface area contributed by atoms with E-state index in [1.54, 1.807) is 23.3 Å². The van der Waals surface area contributed by atoms with Crippen molar-refractivity contribution in [1.82, 2.24) is 15.0 Å². The summed E-state index contributed by atoms with van der Waals surface area (Å²) in [7, 11) is 1.75. The summed E-state index contributed by atoms with van der Waals surface area (Å²) < 4.78 is 0. The predicted molar refractivity (Wildman–Crippen MR) is 81.8 cm³/mol. The molecule has 112 valence electrons. The number of aromatic nitrogens is 3. The molecular formula is C12H16N6O2S. The fourth-order valence-corrected chi connectivity index (χ4v) is 2.42. The Morgan fingerprint density at radius 2 is 2.24 bits per heavy atom. The van der Waals surface area contributed by atoms with E-state index in [1.165, 1.54) is 6.20 Å². The van der Waals surface area contributed by atoms with Crippen molar-refractivity contribution >= 4 is 28.8 Å². The number of nitro groups is 1.